The molecule has 0 aliphatic carbocycles. The number of amides is 1. The Bertz CT molecular complexity index is 921. The second-order valence-corrected chi connectivity index (χ2v) is 7.65. The molecule has 0 atom stereocenters. The molecule has 1 N–H and O–H groups in total. The predicted molar refractivity (Wildman–Crippen MR) is 104 cm³/mol. The first kappa shape index (κ1) is 18.9. The van der Waals surface area contributed by atoms with E-state index in [2.05, 4.69) is 10.4 Å². The molecular weight excluding hydrogens is 396 g/mol. The molecule has 0 aliphatic rings. The highest BCUT2D eigenvalue weighted by atomic mass is 35.5. The standard InChI is InChI=1S/C18H16Cl2FN3OS/c1-2-24-16(14(19)10-23-24)13-9-15(26-17(13)20)18(25)22-8-7-11-3-5-12(21)6-4-11/h3-6,9-10H,2,7-8H2,1H3,(H,22,25). The van der Waals surface area contributed by atoms with Crippen LogP contribution in [-0.4, -0.2) is 22.2 Å². The van der Waals surface area contributed by atoms with E-state index in [-0.39, 0.29) is 11.7 Å². The molecule has 0 radical (unpaired) electrons. The lowest BCUT2D eigenvalue weighted by atomic mass is 10.1. The van der Waals surface area contributed by atoms with Gasteiger partial charge in [-0.05, 0) is 37.1 Å². The van der Waals surface area contributed by atoms with Crippen LogP contribution in [0.2, 0.25) is 9.36 Å². The third kappa shape index (κ3) is 4.09. The van der Waals surface area contributed by atoms with Crippen LogP contribution in [-0.2, 0) is 13.0 Å². The molecule has 0 bridgehead atoms. The van der Waals surface area contributed by atoms with Crippen LogP contribution in [0.5, 0.6) is 0 Å². The summed E-state index contributed by atoms with van der Waals surface area (Å²) in [7, 11) is 0. The number of benzene rings is 1. The Morgan fingerprint density at radius 3 is 2.73 bits per heavy atom. The van der Waals surface area contributed by atoms with Gasteiger partial charge in [0, 0.05) is 18.7 Å². The van der Waals surface area contributed by atoms with E-state index in [0.29, 0.717) is 45.0 Å². The summed E-state index contributed by atoms with van der Waals surface area (Å²) < 4.78 is 15.1. The van der Waals surface area contributed by atoms with Crippen molar-refractivity contribution in [2.75, 3.05) is 6.54 Å². The number of rotatable bonds is 6. The van der Waals surface area contributed by atoms with Crippen LogP contribution in [0, 0.1) is 5.82 Å². The minimum Gasteiger partial charge on any atom is -0.351 e. The molecule has 0 saturated heterocycles. The molecule has 3 rings (SSSR count). The number of halogens is 3. The maximum Gasteiger partial charge on any atom is 0.261 e. The van der Waals surface area contributed by atoms with E-state index < -0.39 is 0 Å². The van der Waals surface area contributed by atoms with Gasteiger partial charge in [0.05, 0.1) is 21.8 Å². The van der Waals surface area contributed by atoms with Gasteiger partial charge in [-0.3, -0.25) is 9.48 Å². The van der Waals surface area contributed by atoms with Gasteiger partial charge in [0.15, 0.2) is 0 Å². The maximum atomic E-state index is 12.9. The largest absolute Gasteiger partial charge is 0.351 e. The number of carbonyl (C=O) groups excluding carboxylic acids is 1. The van der Waals surface area contributed by atoms with E-state index in [1.165, 1.54) is 23.5 Å². The van der Waals surface area contributed by atoms with Crippen LogP contribution in [0.1, 0.15) is 22.2 Å². The number of thiophene rings is 1. The first-order valence-corrected chi connectivity index (χ1v) is 9.60. The molecule has 2 aromatic heterocycles. The highest BCUT2D eigenvalue weighted by Crippen LogP contribution is 2.38. The summed E-state index contributed by atoms with van der Waals surface area (Å²) in [5.41, 5.74) is 2.36. The van der Waals surface area contributed by atoms with Crippen LogP contribution in [0.25, 0.3) is 11.3 Å². The number of carbonyl (C=O) groups is 1. The Kier molecular flexibility index (Phi) is 5.96. The second kappa shape index (κ2) is 8.20. The molecule has 0 fully saturated rings. The van der Waals surface area contributed by atoms with Crippen molar-refractivity contribution in [2.24, 2.45) is 0 Å². The van der Waals surface area contributed by atoms with Crippen molar-refractivity contribution in [1.82, 2.24) is 15.1 Å². The van der Waals surface area contributed by atoms with Crippen LogP contribution in [0.3, 0.4) is 0 Å². The lowest BCUT2D eigenvalue weighted by molar-refractivity contribution is 0.0958. The first-order valence-electron chi connectivity index (χ1n) is 8.03. The van der Waals surface area contributed by atoms with E-state index in [4.69, 9.17) is 23.2 Å². The van der Waals surface area contributed by atoms with Crippen molar-refractivity contribution in [3.63, 3.8) is 0 Å². The zero-order valence-electron chi connectivity index (χ0n) is 13.9. The van der Waals surface area contributed by atoms with Gasteiger partial charge in [-0.1, -0.05) is 35.3 Å². The van der Waals surface area contributed by atoms with Gasteiger partial charge in [0.1, 0.15) is 10.2 Å². The zero-order chi connectivity index (χ0) is 18.7. The Balaban J connectivity index is 1.69. The number of hydrogen-bond acceptors (Lipinski definition) is 3. The van der Waals surface area contributed by atoms with Gasteiger partial charge in [-0.15, -0.1) is 11.3 Å². The van der Waals surface area contributed by atoms with E-state index in [0.717, 1.165) is 5.56 Å². The summed E-state index contributed by atoms with van der Waals surface area (Å²) in [6.45, 7) is 3.05. The van der Waals surface area contributed by atoms with Gasteiger partial charge >= 0.3 is 0 Å². The Labute approximate surface area is 164 Å². The number of aromatic nitrogens is 2. The monoisotopic (exact) mass is 411 g/mol. The summed E-state index contributed by atoms with van der Waals surface area (Å²) in [6.07, 6.45) is 2.18. The fourth-order valence-corrected chi connectivity index (χ4v) is 4.01. The Hall–Kier alpha value is -1.89. The van der Waals surface area contributed by atoms with Gasteiger partial charge in [-0.2, -0.15) is 5.10 Å². The van der Waals surface area contributed by atoms with Gasteiger partial charge in [0.25, 0.3) is 5.91 Å². The highest BCUT2D eigenvalue weighted by molar-refractivity contribution is 7.18. The fourth-order valence-electron chi connectivity index (χ4n) is 2.57. The van der Waals surface area contributed by atoms with Crippen LogP contribution >= 0.6 is 34.5 Å². The first-order chi connectivity index (χ1) is 12.5. The van der Waals surface area contributed by atoms with Crippen LogP contribution < -0.4 is 5.32 Å². The van der Waals surface area contributed by atoms with E-state index in [1.54, 1.807) is 29.1 Å². The van der Waals surface area contributed by atoms with Crippen molar-refractivity contribution in [3.8, 4) is 11.3 Å². The number of aryl methyl sites for hydroxylation is 1. The third-order valence-electron chi connectivity index (χ3n) is 3.87. The SMILES string of the molecule is CCn1ncc(Cl)c1-c1cc(C(=O)NCCc2ccc(F)cc2)sc1Cl. The second-order valence-electron chi connectivity index (χ2n) is 5.59. The molecule has 0 unspecified atom stereocenters. The number of nitrogens with one attached hydrogen (secondary N) is 1. The normalized spacial score (nSPS) is 10.9. The Morgan fingerprint density at radius 2 is 2.04 bits per heavy atom. The number of hydrogen-bond donors (Lipinski definition) is 1. The van der Waals surface area contributed by atoms with E-state index in [1.807, 2.05) is 6.92 Å². The summed E-state index contributed by atoms with van der Waals surface area (Å²) in [4.78, 5) is 12.9. The molecule has 1 amide bonds. The lowest BCUT2D eigenvalue weighted by Gasteiger charge is -2.04. The van der Waals surface area contributed by atoms with Crippen molar-refractivity contribution < 1.29 is 9.18 Å². The molecule has 8 heteroatoms. The van der Waals surface area contributed by atoms with E-state index in [9.17, 15) is 9.18 Å². The van der Waals surface area contributed by atoms with Crippen molar-refractivity contribution >= 4 is 40.4 Å². The van der Waals surface area contributed by atoms with Crippen LogP contribution in [0.4, 0.5) is 4.39 Å². The van der Waals surface area contributed by atoms with E-state index >= 15 is 0 Å². The molecule has 136 valence electrons. The Morgan fingerprint density at radius 1 is 1.31 bits per heavy atom. The quantitative estimate of drug-likeness (QED) is 0.616. The highest BCUT2D eigenvalue weighted by Gasteiger charge is 2.19. The summed E-state index contributed by atoms with van der Waals surface area (Å²) >= 11 is 13.7. The van der Waals surface area contributed by atoms with Gasteiger partial charge in [0.2, 0.25) is 0 Å². The van der Waals surface area contributed by atoms with Crippen LogP contribution in [0.15, 0.2) is 36.5 Å². The van der Waals surface area contributed by atoms with Crippen molar-refractivity contribution in [1.29, 1.82) is 0 Å². The van der Waals surface area contributed by atoms with Crippen molar-refractivity contribution in [2.45, 2.75) is 19.9 Å². The van der Waals surface area contributed by atoms with Gasteiger partial charge in [-0.25, -0.2) is 4.39 Å². The molecule has 2 heterocycles. The summed E-state index contributed by atoms with van der Waals surface area (Å²) in [5.74, 6) is -0.479. The summed E-state index contributed by atoms with van der Waals surface area (Å²) in [5, 5.41) is 7.55. The molecule has 26 heavy (non-hydrogen) atoms. The minimum absolute atomic E-state index is 0.205. The number of nitrogens with zero attached hydrogens (tertiary/aromatic N) is 2. The summed E-state index contributed by atoms with van der Waals surface area (Å²) in [6, 6.07) is 7.95. The fraction of sp³-hybridized carbons (Fsp3) is 0.222. The topological polar surface area (TPSA) is 46.9 Å². The minimum atomic E-state index is -0.275. The third-order valence-corrected chi connectivity index (χ3v) is 5.51. The van der Waals surface area contributed by atoms with Gasteiger partial charge < -0.3 is 5.32 Å². The molecular formula is C18H16Cl2FN3OS. The molecule has 1 aromatic carbocycles. The smallest absolute Gasteiger partial charge is 0.261 e. The average Bonchev–Trinajstić information content (AvgIpc) is 3.18. The maximum absolute atomic E-state index is 12.9. The van der Waals surface area contributed by atoms with Crippen molar-refractivity contribution in [3.05, 3.63) is 62.1 Å². The molecule has 0 saturated carbocycles. The molecule has 4 nitrogen and oxygen atoms in total. The molecule has 0 aliphatic heterocycles. The lowest BCUT2D eigenvalue weighted by Crippen LogP contribution is -2.24. The molecule has 0 spiro atoms. The zero-order valence-corrected chi connectivity index (χ0v) is 16.3. The molecule has 3 aromatic rings. The predicted octanol–water partition coefficient (Wildman–Crippen LogP) is 5.05. The average molecular weight is 412 g/mol.